The number of aromatic nitrogens is 1. The number of rotatable bonds is 6. The van der Waals surface area contributed by atoms with Gasteiger partial charge in [0.25, 0.3) is 0 Å². The lowest BCUT2D eigenvalue weighted by Crippen LogP contribution is -2.15. The second-order valence-corrected chi connectivity index (χ2v) is 6.11. The Morgan fingerprint density at radius 3 is 2.77 bits per heavy atom. The average molecular weight is 296 g/mol. The van der Waals surface area contributed by atoms with E-state index in [1.807, 2.05) is 36.4 Å². The lowest BCUT2D eigenvalue weighted by Gasteiger charge is -2.10. The molecule has 22 heavy (non-hydrogen) atoms. The SMILES string of the molecule is CC(C)=CCCC(C)CC(=O)Nc1ccc2ccccc2n1. The van der Waals surface area contributed by atoms with Crippen molar-refractivity contribution < 1.29 is 4.79 Å². The number of carbonyl (C=O) groups excluding carboxylic acids is 1. The molecule has 1 heterocycles. The van der Waals surface area contributed by atoms with Crippen LogP contribution in [0.5, 0.6) is 0 Å². The van der Waals surface area contributed by atoms with E-state index in [0.717, 1.165) is 23.7 Å². The Morgan fingerprint density at radius 2 is 2.00 bits per heavy atom. The fourth-order valence-corrected chi connectivity index (χ4v) is 2.40. The summed E-state index contributed by atoms with van der Waals surface area (Å²) in [6.45, 7) is 6.32. The van der Waals surface area contributed by atoms with Crippen molar-refractivity contribution >= 4 is 22.6 Å². The van der Waals surface area contributed by atoms with Gasteiger partial charge in [-0.3, -0.25) is 4.79 Å². The third-order valence-electron chi connectivity index (χ3n) is 3.61. The molecule has 0 saturated carbocycles. The number of para-hydroxylation sites is 1. The van der Waals surface area contributed by atoms with Crippen LogP contribution in [0.25, 0.3) is 10.9 Å². The molecule has 2 aromatic rings. The van der Waals surface area contributed by atoms with Crippen LogP contribution in [0.2, 0.25) is 0 Å². The van der Waals surface area contributed by atoms with E-state index in [-0.39, 0.29) is 5.91 Å². The van der Waals surface area contributed by atoms with Gasteiger partial charge in [0.2, 0.25) is 5.91 Å². The van der Waals surface area contributed by atoms with E-state index in [0.29, 0.717) is 18.2 Å². The summed E-state index contributed by atoms with van der Waals surface area (Å²) in [5, 5.41) is 3.98. The molecule has 0 aliphatic carbocycles. The first kappa shape index (κ1) is 16.2. The van der Waals surface area contributed by atoms with Gasteiger partial charge in [0, 0.05) is 11.8 Å². The average Bonchev–Trinajstić information content (AvgIpc) is 2.46. The number of allylic oxidation sites excluding steroid dienone is 2. The fraction of sp³-hybridized carbons (Fsp3) is 0.368. The number of anilines is 1. The Labute approximate surface area is 132 Å². The Hall–Kier alpha value is -2.16. The van der Waals surface area contributed by atoms with Crippen LogP contribution in [0.3, 0.4) is 0 Å². The topological polar surface area (TPSA) is 42.0 Å². The third kappa shape index (κ3) is 4.99. The summed E-state index contributed by atoms with van der Waals surface area (Å²) in [4.78, 5) is 16.6. The summed E-state index contributed by atoms with van der Waals surface area (Å²) in [7, 11) is 0. The van der Waals surface area contributed by atoms with Gasteiger partial charge in [-0.25, -0.2) is 4.98 Å². The van der Waals surface area contributed by atoms with Crippen LogP contribution in [0, 0.1) is 5.92 Å². The molecule has 0 aliphatic rings. The van der Waals surface area contributed by atoms with E-state index < -0.39 is 0 Å². The Balaban J connectivity index is 1.89. The molecular weight excluding hydrogens is 272 g/mol. The van der Waals surface area contributed by atoms with Gasteiger partial charge in [-0.05, 0) is 50.8 Å². The first-order chi connectivity index (χ1) is 10.5. The molecule has 1 aromatic heterocycles. The molecule has 1 atom stereocenters. The molecule has 0 aliphatic heterocycles. The third-order valence-corrected chi connectivity index (χ3v) is 3.61. The van der Waals surface area contributed by atoms with E-state index in [2.05, 4.69) is 37.1 Å². The van der Waals surface area contributed by atoms with Gasteiger partial charge in [0.05, 0.1) is 5.52 Å². The molecule has 2 rings (SSSR count). The van der Waals surface area contributed by atoms with Gasteiger partial charge < -0.3 is 5.32 Å². The van der Waals surface area contributed by atoms with Gasteiger partial charge in [-0.2, -0.15) is 0 Å². The van der Waals surface area contributed by atoms with E-state index in [9.17, 15) is 4.79 Å². The number of hydrogen-bond donors (Lipinski definition) is 1. The first-order valence-corrected chi connectivity index (χ1v) is 7.83. The minimum atomic E-state index is 0.0347. The van der Waals surface area contributed by atoms with Gasteiger partial charge in [-0.15, -0.1) is 0 Å². The molecule has 3 heteroatoms. The van der Waals surface area contributed by atoms with Crippen molar-refractivity contribution in [3.8, 4) is 0 Å². The molecule has 1 amide bonds. The van der Waals surface area contributed by atoms with Gasteiger partial charge >= 0.3 is 0 Å². The monoisotopic (exact) mass is 296 g/mol. The normalized spacial score (nSPS) is 12.0. The smallest absolute Gasteiger partial charge is 0.225 e. The zero-order valence-electron chi connectivity index (χ0n) is 13.6. The first-order valence-electron chi connectivity index (χ1n) is 7.83. The van der Waals surface area contributed by atoms with E-state index >= 15 is 0 Å². The lowest BCUT2D eigenvalue weighted by molar-refractivity contribution is -0.117. The highest BCUT2D eigenvalue weighted by atomic mass is 16.1. The zero-order chi connectivity index (χ0) is 15.9. The van der Waals surface area contributed by atoms with Crippen molar-refractivity contribution in [1.29, 1.82) is 0 Å². The summed E-state index contributed by atoms with van der Waals surface area (Å²) in [6, 6.07) is 11.7. The van der Waals surface area contributed by atoms with Gasteiger partial charge in [0.1, 0.15) is 5.82 Å². The van der Waals surface area contributed by atoms with Crippen molar-refractivity contribution in [3.05, 3.63) is 48.0 Å². The predicted octanol–water partition coefficient (Wildman–Crippen LogP) is 4.95. The highest BCUT2D eigenvalue weighted by Gasteiger charge is 2.09. The quantitative estimate of drug-likeness (QED) is 0.767. The minimum absolute atomic E-state index is 0.0347. The van der Waals surface area contributed by atoms with Crippen LogP contribution >= 0.6 is 0 Å². The van der Waals surface area contributed by atoms with Crippen LogP contribution in [0.1, 0.15) is 40.0 Å². The highest BCUT2D eigenvalue weighted by molar-refractivity contribution is 5.91. The molecule has 1 aromatic carbocycles. The van der Waals surface area contributed by atoms with Crippen LogP contribution in [0.4, 0.5) is 5.82 Å². The number of nitrogens with one attached hydrogen (secondary N) is 1. The Kier molecular flexibility index (Phi) is 5.70. The molecule has 0 radical (unpaired) electrons. The predicted molar refractivity (Wildman–Crippen MR) is 92.8 cm³/mol. The molecule has 0 spiro atoms. The van der Waals surface area contributed by atoms with Gasteiger partial charge in [0.15, 0.2) is 0 Å². The van der Waals surface area contributed by atoms with Crippen LogP contribution in [-0.4, -0.2) is 10.9 Å². The van der Waals surface area contributed by atoms with E-state index in [4.69, 9.17) is 0 Å². The van der Waals surface area contributed by atoms with Crippen molar-refractivity contribution in [2.45, 2.75) is 40.0 Å². The van der Waals surface area contributed by atoms with Crippen molar-refractivity contribution in [1.82, 2.24) is 4.98 Å². The number of amides is 1. The fourth-order valence-electron chi connectivity index (χ4n) is 2.40. The van der Waals surface area contributed by atoms with Crippen LogP contribution in [-0.2, 0) is 4.79 Å². The van der Waals surface area contributed by atoms with Crippen molar-refractivity contribution in [2.75, 3.05) is 5.32 Å². The molecule has 0 bridgehead atoms. The number of fused-ring (bicyclic) bond motifs is 1. The Bertz CT molecular complexity index is 672. The number of benzene rings is 1. The van der Waals surface area contributed by atoms with Crippen LogP contribution < -0.4 is 5.32 Å². The number of pyridine rings is 1. The van der Waals surface area contributed by atoms with E-state index in [1.54, 1.807) is 0 Å². The molecular formula is C19H24N2O. The zero-order valence-corrected chi connectivity index (χ0v) is 13.6. The molecule has 0 saturated heterocycles. The summed E-state index contributed by atoms with van der Waals surface area (Å²) in [6.07, 6.45) is 4.82. The maximum absolute atomic E-state index is 12.1. The largest absolute Gasteiger partial charge is 0.311 e. The standard InChI is InChI=1S/C19H24N2O/c1-14(2)7-6-8-15(3)13-19(22)21-18-12-11-16-9-4-5-10-17(16)20-18/h4-5,7,9-12,15H,6,8,13H2,1-3H3,(H,20,21,22). The second kappa shape index (κ2) is 7.74. The van der Waals surface area contributed by atoms with Gasteiger partial charge in [-0.1, -0.05) is 36.8 Å². The molecule has 1 N–H and O–H groups in total. The molecule has 3 nitrogen and oxygen atoms in total. The molecule has 116 valence electrons. The molecule has 0 fully saturated rings. The number of carbonyl (C=O) groups is 1. The number of nitrogens with zero attached hydrogens (tertiary/aromatic N) is 1. The summed E-state index contributed by atoms with van der Waals surface area (Å²) >= 11 is 0. The summed E-state index contributed by atoms with van der Waals surface area (Å²) < 4.78 is 0. The maximum atomic E-state index is 12.1. The summed E-state index contributed by atoms with van der Waals surface area (Å²) in [5.41, 5.74) is 2.23. The second-order valence-electron chi connectivity index (χ2n) is 6.11. The van der Waals surface area contributed by atoms with Crippen LogP contribution in [0.15, 0.2) is 48.0 Å². The lowest BCUT2D eigenvalue weighted by atomic mass is 10.0. The Morgan fingerprint density at radius 1 is 1.23 bits per heavy atom. The van der Waals surface area contributed by atoms with E-state index in [1.165, 1.54) is 5.57 Å². The number of hydrogen-bond acceptors (Lipinski definition) is 2. The highest BCUT2D eigenvalue weighted by Crippen LogP contribution is 2.16. The molecule has 1 unspecified atom stereocenters. The minimum Gasteiger partial charge on any atom is -0.311 e. The van der Waals surface area contributed by atoms with Crippen molar-refractivity contribution in [3.63, 3.8) is 0 Å². The van der Waals surface area contributed by atoms with Crippen molar-refractivity contribution in [2.24, 2.45) is 5.92 Å². The summed E-state index contributed by atoms with van der Waals surface area (Å²) in [5.74, 6) is 1.03. The maximum Gasteiger partial charge on any atom is 0.225 e.